The minimum Gasteiger partial charge on any atom is -0.726 e. The molecular weight excluding hydrogens is 306 g/mol. The maximum absolute atomic E-state index is 10.9. The molecule has 1 amide bonds. The summed E-state index contributed by atoms with van der Waals surface area (Å²) in [5.41, 5.74) is 0. The molecule has 0 bridgehead atoms. The zero-order valence-electron chi connectivity index (χ0n) is 11.6. The SMILES string of the molecule is CNC(=O)Oc1cccc([S+](C)C)c1.COS(=O)(=O)[O-]. The molecule has 0 unspecified atom stereocenters. The Labute approximate surface area is 121 Å². The Kier molecular flexibility index (Phi) is 8.23. The van der Waals surface area contributed by atoms with Crippen LogP contribution in [-0.2, 0) is 25.5 Å². The zero-order chi connectivity index (χ0) is 15.8. The van der Waals surface area contributed by atoms with E-state index >= 15 is 0 Å². The van der Waals surface area contributed by atoms with Crippen LogP contribution in [0.25, 0.3) is 0 Å². The fourth-order valence-electron chi connectivity index (χ4n) is 0.950. The van der Waals surface area contributed by atoms with Gasteiger partial charge in [-0.1, -0.05) is 6.07 Å². The number of hydrogen-bond donors (Lipinski definition) is 1. The third kappa shape index (κ3) is 8.75. The first-order chi connectivity index (χ1) is 9.19. The van der Waals surface area contributed by atoms with Gasteiger partial charge in [-0.05, 0) is 12.1 Å². The summed E-state index contributed by atoms with van der Waals surface area (Å²) in [7, 11) is -1.88. The quantitative estimate of drug-likeness (QED) is 0.499. The van der Waals surface area contributed by atoms with Gasteiger partial charge in [0.1, 0.15) is 18.3 Å². The molecule has 0 atom stereocenters. The molecule has 0 aliphatic heterocycles. The van der Waals surface area contributed by atoms with Gasteiger partial charge in [-0.25, -0.2) is 13.2 Å². The number of rotatable bonds is 3. The number of hydrogen-bond acceptors (Lipinski definition) is 6. The van der Waals surface area contributed by atoms with E-state index in [1.165, 1.54) is 11.9 Å². The number of carbonyl (C=O) groups excluding carboxylic acids is 1. The van der Waals surface area contributed by atoms with Gasteiger partial charge in [-0.15, -0.1) is 0 Å². The molecule has 1 N–H and O–H groups in total. The maximum Gasteiger partial charge on any atom is 0.412 e. The van der Waals surface area contributed by atoms with Crippen molar-refractivity contribution in [3.8, 4) is 5.75 Å². The van der Waals surface area contributed by atoms with Gasteiger partial charge in [0.25, 0.3) is 0 Å². The highest BCUT2D eigenvalue weighted by atomic mass is 32.3. The van der Waals surface area contributed by atoms with Crippen molar-refractivity contribution in [3.63, 3.8) is 0 Å². The molecule has 114 valence electrons. The lowest BCUT2D eigenvalue weighted by Gasteiger charge is -2.03. The van der Waals surface area contributed by atoms with Crippen LogP contribution in [0.1, 0.15) is 0 Å². The molecule has 0 aliphatic rings. The lowest BCUT2D eigenvalue weighted by atomic mass is 10.3. The number of nitrogens with one attached hydrogen (secondary N) is 1. The van der Waals surface area contributed by atoms with E-state index in [1.54, 1.807) is 6.07 Å². The molecule has 7 nitrogen and oxygen atoms in total. The van der Waals surface area contributed by atoms with Crippen LogP contribution in [0.4, 0.5) is 4.79 Å². The van der Waals surface area contributed by atoms with E-state index in [4.69, 9.17) is 4.74 Å². The molecule has 0 spiro atoms. The van der Waals surface area contributed by atoms with Crippen LogP contribution >= 0.6 is 0 Å². The van der Waals surface area contributed by atoms with E-state index < -0.39 is 16.5 Å². The van der Waals surface area contributed by atoms with Gasteiger partial charge in [0.15, 0.2) is 4.90 Å². The van der Waals surface area contributed by atoms with E-state index in [-0.39, 0.29) is 10.9 Å². The zero-order valence-corrected chi connectivity index (χ0v) is 13.2. The molecule has 0 radical (unpaired) electrons. The molecular formula is C11H17NO6S2. The van der Waals surface area contributed by atoms with E-state index in [2.05, 4.69) is 22.0 Å². The van der Waals surface area contributed by atoms with E-state index in [0.717, 1.165) is 7.11 Å². The molecule has 0 heterocycles. The second-order valence-electron chi connectivity index (χ2n) is 3.51. The molecule has 0 saturated heterocycles. The van der Waals surface area contributed by atoms with Crippen LogP contribution in [0.15, 0.2) is 29.2 Å². The second-order valence-corrected chi connectivity index (χ2v) is 6.76. The van der Waals surface area contributed by atoms with Crippen LogP contribution in [0.3, 0.4) is 0 Å². The van der Waals surface area contributed by atoms with Gasteiger partial charge in [0.2, 0.25) is 10.4 Å². The summed E-state index contributed by atoms with van der Waals surface area (Å²) in [6.45, 7) is 0. The highest BCUT2D eigenvalue weighted by Crippen LogP contribution is 2.17. The van der Waals surface area contributed by atoms with Crippen molar-refractivity contribution in [2.45, 2.75) is 4.90 Å². The van der Waals surface area contributed by atoms with Gasteiger partial charge in [0, 0.05) is 24.0 Å². The topological polar surface area (TPSA) is 105 Å². The van der Waals surface area contributed by atoms with Crippen molar-refractivity contribution in [2.24, 2.45) is 0 Å². The fraction of sp³-hybridized carbons (Fsp3) is 0.364. The van der Waals surface area contributed by atoms with Crippen LogP contribution < -0.4 is 10.1 Å². The lowest BCUT2D eigenvalue weighted by Crippen LogP contribution is -2.22. The summed E-state index contributed by atoms with van der Waals surface area (Å²) in [6, 6.07) is 7.57. The fourth-order valence-corrected chi connectivity index (χ4v) is 1.65. The van der Waals surface area contributed by atoms with Crippen LogP contribution in [-0.4, -0.2) is 45.7 Å². The lowest BCUT2D eigenvalue weighted by molar-refractivity contribution is 0.203. The summed E-state index contributed by atoms with van der Waals surface area (Å²) >= 11 is 0. The van der Waals surface area contributed by atoms with Crippen molar-refractivity contribution in [1.82, 2.24) is 5.32 Å². The summed E-state index contributed by atoms with van der Waals surface area (Å²) in [5, 5.41) is 2.40. The van der Waals surface area contributed by atoms with Crippen molar-refractivity contribution in [2.75, 3.05) is 26.7 Å². The normalized spacial score (nSPS) is 10.5. The molecule has 1 rings (SSSR count). The molecule has 9 heteroatoms. The van der Waals surface area contributed by atoms with Crippen molar-refractivity contribution >= 4 is 27.4 Å². The maximum atomic E-state index is 10.9. The smallest absolute Gasteiger partial charge is 0.412 e. The Morgan fingerprint density at radius 1 is 1.35 bits per heavy atom. The Balaban J connectivity index is 0.000000511. The number of carbonyl (C=O) groups is 1. The Morgan fingerprint density at radius 3 is 2.30 bits per heavy atom. The first kappa shape index (κ1) is 18.7. The van der Waals surface area contributed by atoms with Gasteiger partial charge in [0.05, 0.1) is 7.11 Å². The first-order valence-corrected chi connectivity index (χ1v) is 8.65. The third-order valence-electron chi connectivity index (χ3n) is 1.90. The molecule has 20 heavy (non-hydrogen) atoms. The van der Waals surface area contributed by atoms with E-state index in [9.17, 15) is 17.8 Å². The van der Waals surface area contributed by atoms with Crippen molar-refractivity contribution < 1.29 is 26.7 Å². The van der Waals surface area contributed by atoms with Gasteiger partial charge in [-0.2, -0.15) is 0 Å². The van der Waals surface area contributed by atoms with Gasteiger partial charge < -0.3 is 14.6 Å². The summed E-state index contributed by atoms with van der Waals surface area (Å²) < 4.78 is 36.0. The summed E-state index contributed by atoms with van der Waals surface area (Å²) in [4.78, 5) is 12.1. The largest absolute Gasteiger partial charge is 0.726 e. The molecule has 0 aromatic heterocycles. The molecule has 0 fully saturated rings. The molecule has 0 saturated carbocycles. The minimum atomic E-state index is -4.41. The monoisotopic (exact) mass is 323 g/mol. The third-order valence-corrected chi connectivity index (χ3v) is 3.50. The van der Waals surface area contributed by atoms with Gasteiger partial charge >= 0.3 is 6.09 Å². The van der Waals surface area contributed by atoms with Crippen LogP contribution in [0.2, 0.25) is 0 Å². The summed E-state index contributed by atoms with van der Waals surface area (Å²) in [5.74, 6) is 0.586. The first-order valence-electron chi connectivity index (χ1n) is 5.28. The molecule has 1 aromatic rings. The van der Waals surface area contributed by atoms with Crippen molar-refractivity contribution in [3.05, 3.63) is 24.3 Å². The minimum absolute atomic E-state index is 0.182. The predicted molar refractivity (Wildman–Crippen MR) is 75.7 cm³/mol. The van der Waals surface area contributed by atoms with Crippen LogP contribution in [0.5, 0.6) is 5.75 Å². The second kappa shape index (κ2) is 8.80. The highest BCUT2D eigenvalue weighted by Gasteiger charge is 2.10. The Hall–Kier alpha value is -1.29. The van der Waals surface area contributed by atoms with E-state index in [0.29, 0.717) is 5.75 Å². The van der Waals surface area contributed by atoms with Crippen molar-refractivity contribution in [1.29, 1.82) is 0 Å². The van der Waals surface area contributed by atoms with Gasteiger partial charge in [-0.3, -0.25) is 4.18 Å². The Bertz CT molecular complexity index is 529. The molecule has 1 aromatic carbocycles. The Morgan fingerprint density at radius 2 is 1.90 bits per heavy atom. The average molecular weight is 323 g/mol. The number of benzene rings is 1. The summed E-state index contributed by atoms with van der Waals surface area (Å²) in [6.07, 6.45) is 3.81. The van der Waals surface area contributed by atoms with Crippen LogP contribution in [0, 0.1) is 0 Å². The highest BCUT2D eigenvalue weighted by molar-refractivity contribution is 7.95. The predicted octanol–water partition coefficient (Wildman–Crippen LogP) is 0.735. The number of amides is 1. The standard InChI is InChI=1S/C10H13NO2S.CH4O4S/c1-11-10(12)13-8-5-4-6-9(7-8)14(2)3;1-5-6(2,3)4/h4-7H,1-3H3;1H3,(H,2,3,4). The number of ether oxygens (including phenoxy) is 1. The average Bonchev–Trinajstić information content (AvgIpc) is 2.38. The van der Waals surface area contributed by atoms with E-state index in [1.807, 2.05) is 18.2 Å². The molecule has 0 aliphatic carbocycles.